The molecular formula is C11H23N3O2. The normalized spacial score (nSPS) is 41.1. The monoisotopic (exact) mass is 229 g/mol. The zero-order valence-electron chi connectivity index (χ0n) is 10.8. The summed E-state index contributed by atoms with van der Waals surface area (Å²) in [5.74, 6) is 0. The highest BCUT2D eigenvalue weighted by Gasteiger charge is 2.48. The molecule has 1 fully saturated rings. The number of rotatable bonds is 2. The average Bonchev–Trinajstić information content (AvgIpc) is 2.30. The predicted molar refractivity (Wildman–Crippen MR) is 62.1 cm³/mol. The number of urea groups is 1. The van der Waals surface area contributed by atoms with Gasteiger partial charge in [-0.25, -0.2) is 4.79 Å². The summed E-state index contributed by atoms with van der Waals surface area (Å²) in [5, 5.41) is 17.3. The van der Waals surface area contributed by atoms with Crippen LogP contribution in [0.1, 0.15) is 47.5 Å². The van der Waals surface area contributed by atoms with Crippen LogP contribution in [0.5, 0.6) is 0 Å². The molecule has 94 valence electrons. The first-order chi connectivity index (χ1) is 7.30. The van der Waals surface area contributed by atoms with Crippen LogP contribution in [-0.4, -0.2) is 33.5 Å². The summed E-state index contributed by atoms with van der Waals surface area (Å²) in [7, 11) is 0. The van der Waals surface area contributed by atoms with Crippen LogP contribution >= 0.6 is 0 Å². The van der Waals surface area contributed by atoms with Gasteiger partial charge in [-0.05, 0) is 33.6 Å². The van der Waals surface area contributed by atoms with Crippen molar-refractivity contribution in [2.75, 3.05) is 0 Å². The van der Waals surface area contributed by atoms with E-state index in [2.05, 4.69) is 10.6 Å². The molecule has 0 saturated carbocycles. The number of amides is 2. The van der Waals surface area contributed by atoms with Gasteiger partial charge in [-0.3, -0.25) is 0 Å². The Kier molecular flexibility index (Phi) is 3.50. The van der Waals surface area contributed by atoms with E-state index >= 15 is 0 Å². The van der Waals surface area contributed by atoms with Gasteiger partial charge < -0.3 is 15.8 Å². The molecule has 16 heavy (non-hydrogen) atoms. The Morgan fingerprint density at radius 3 is 2.38 bits per heavy atom. The quantitative estimate of drug-likeness (QED) is 0.675. The summed E-state index contributed by atoms with van der Waals surface area (Å²) in [6.07, 6.45) is 1.39. The molecule has 1 aliphatic heterocycles. The van der Waals surface area contributed by atoms with Gasteiger partial charge in [-0.1, -0.05) is 13.8 Å². The third-order valence-corrected chi connectivity index (χ3v) is 4.02. The minimum atomic E-state index is -0.723. The number of carbonyl (C=O) groups excluding carboxylic acids is 1. The Labute approximate surface area is 97.2 Å². The molecule has 0 aromatic rings. The molecule has 2 amide bonds. The fraction of sp³-hybridized carbons (Fsp3) is 0.909. The smallest absolute Gasteiger partial charge is 0.316 e. The van der Waals surface area contributed by atoms with Gasteiger partial charge in [0.05, 0.1) is 5.54 Å². The van der Waals surface area contributed by atoms with Crippen molar-refractivity contribution < 1.29 is 10.0 Å². The van der Waals surface area contributed by atoms with E-state index in [4.69, 9.17) is 0 Å². The first-order valence-electron chi connectivity index (χ1n) is 5.88. The van der Waals surface area contributed by atoms with Crippen LogP contribution in [0, 0.1) is 0 Å². The van der Waals surface area contributed by atoms with Crippen molar-refractivity contribution in [2.45, 2.75) is 64.7 Å². The largest absolute Gasteiger partial charge is 0.334 e. The van der Waals surface area contributed by atoms with Crippen molar-refractivity contribution in [3.05, 3.63) is 0 Å². The van der Waals surface area contributed by atoms with Gasteiger partial charge in [-0.15, -0.1) is 0 Å². The second kappa shape index (κ2) is 4.22. The number of hydroxylamine groups is 2. The van der Waals surface area contributed by atoms with Gasteiger partial charge in [-0.2, -0.15) is 5.06 Å². The Balaban J connectivity index is 3.15. The molecule has 0 bridgehead atoms. The lowest BCUT2D eigenvalue weighted by Crippen LogP contribution is -2.63. The van der Waals surface area contributed by atoms with Crippen LogP contribution in [0.2, 0.25) is 0 Å². The maximum absolute atomic E-state index is 11.7. The van der Waals surface area contributed by atoms with E-state index < -0.39 is 11.2 Å². The first kappa shape index (κ1) is 13.3. The van der Waals surface area contributed by atoms with E-state index in [1.807, 2.05) is 34.6 Å². The molecule has 1 aliphatic rings. The standard InChI is InChI=1S/C11H23N3O2/c1-6-10(4)8(3)12-9(15)13-11(5,7-2)14(10)16/h8,16H,6-7H2,1-5H3,(H2,12,13,15). The van der Waals surface area contributed by atoms with Crippen molar-refractivity contribution in [1.82, 2.24) is 15.7 Å². The molecule has 1 heterocycles. The third-order valence-electron chi connectivity index (χ3n) is 4.02. The molecule has 0 radical (unpaired) electrons. The molecule has 5 nitrogen and oxygen atoms in total. The molecule has 0 aromatic carbocycles. The van der Waals surface area contributed by atoms with Gasteiger partial charge in [0.1, 0.15) is 5.66 Å². The van der Waals surface area contributed by atoms with E-state index in [9.17, 15) is 10.0 Å². The summed E-state index contributed by atoms with van der Waals surface area (Å²) < 4.78 is 0. The summed E-state index contributed by atoms with van der Waals surface area (Å²) in [4.78, 5) is 11.7. The Morgan fingerprint density at radius 1 is 1.38 bits per heavy atom. The van der Waals surface area contributed by atoms with Gasteiger partial charge in [0.2, 0.25) is 0 Å². The van der Waals surface area contributed by atoms with Crippen molar-refractivity contribution in [2.24, 2.45) is 0 Å². The molecule has 3 unspecified atom stereocenters. The average molecular weight is 229 g/mol. The second-order valence-corrected chi connectivity index (χ2v) is 4.97. The van der Waals surface area contributed by atoms with Gasteiger partial charge in [0.25, 0.3) is 0 Å². The molecule has 3 N–H and O–H groups in total. The van der Waals surface area contributed by atoms with Crippen LogP contribution in [0.4, 0.5) is 4.79 Å². The highest BCUT2D eigenvalue weighted by Crippen LogP contribution is 2.31. The Morgan fingerprint density at radius 2 is 1.94 bits per heavy atom. The lowest BCUT2D eigenvalue weighted by Gasteiger charge is -2.46. The number of hydrogen-bond acceptors (Lipinski definition) is 3. The lowest BCUT2D eigenvalue weighted by molar-refractivity contribution is -0.242. The van der Waals surface area contributed by atoms with Gasteiger partial charge >= 0.3 is 6.03 Å². The zero-order valence-corrected chi connectivity index (χ0v) is 10.8. The molecule has 0 spiro atoms. The van der Waals surface area contributed by atoms with Crippen LogP contribution in [-0.2, 0) is 0 Å². The minimum absolute atomic E-state index is 0.115. The zero-order chi connectivity index (χ0) is 12.6. The molecule has 5 heteroatoms. The summed E-state index contributed by atoms with van der Waals surface area (Å²) in [6, 6.07) is -0.344. The number of carbonyl (C=O) groups is 1. The van der Waals surface area contributed by atoms with E-state index in [0.717, 1.165) is 6.42 Å². The molecule has 0 aliphatic carbocycles. The maximum Gasteiger partial charge on any atom is 0.316 e. The summed E-state index contributed by atoms with van der Waals surface area (Å²) in [5.41, 5.74) is -1.19. The first-order valence-corrected chi connectivity index (χ1v) is 5.88. The molecule has 1 saturated heterocycles. The van der Waals surface area contributed by atoms with Crippen LogP contribution < -0.4 is 10.6 Å². The highest BCUT2D eigenvalue weighted by atomic mass is 16.5. The number of nitrogens with zero attached hydrogens (tertiary/aromatic N) is 1. The Hall–Kier alpha value is -0.810. The molecule has 0 aromatic heterocycles. The van der Waals surface area contributed by atoms with E-state index in [1.54, 1.807) is 0 Å². The molecular weight excluding hydrogens is 206 g/mol. The van der Waals surface area contributed by atoms with Crippen molar-refractivity contribution >= 4 is 6.03 Å². The Bertz CT molecular complexity index is 284. The van der Waals surface area contributed by atoms with Crippen molar-refractivity contribution in [3.63, 3.8) is 0 Å². The van der Waals surface area contributed by atoms with E-state index in [1.165, 1.54) is 5.06 Å². The van der Waals surface area contributed by atoms with Gasteiger partial charge in [0, 0.05) is 6.04 Å². The SMILES string of the molecule is CCC1(C)NC(=O)NC(C)C(C)(CC)N1O. The number of nitrogens with one attached hydrogen (secondary N) is 2. The summed E-state index contributed by atoms with van der Waals surface area (Å²) >= 11 is 0. The topological polar surface area (TPSA) is 64.6 Å². The fourth-order valence-electron chi connectivity index (χ4n) is 2.13. The number of hydrogen-bond donors (Lipinski definition) is 3. The van der Waals surface area contributed by atoms with Crippen molar-refractivity contribution in [3.8, 4) is 0 Å². The van der Waals surface area contributed by atoms with Crippen molar-refractivity contribution in [1.29, 1.82) is 0 Å². The highest BCUT2D eigenvalue weighted by molar-refractivity contribution is 5.75. The van der Waals surface area contributed by atoms with E-state index in [-0.39, 0.29) is 12.1 Å². The minimum Gasteiger partial charge on any atom is -0.334 e. The van der Waals surface area contributed by atoms with E-state index in [0.29, 0.717) is 6.42 Å². The second-order valence-electron chi connectivity index (χ2n) is 4.97. The van der Waals surface area contributed by atoms with Crippen LogP contribution in [0.3, 0.4) is 0 Å². The molecule has 3 atom stereocenters. The van der Waals surface area contributed by atoms with Crippen LogP contribution in [0.25, 0.3) is 0 Å². The third kappa shape index (κ3) is 1.89. The fourth-order valence-corrected chi connectivity index (χ4v) is 2.13. The summed E-state index contributed by atoms with van der Waals surface area (Å²) in [6.45, 7) is 9.65. The lowest BCUT2D eigenvalue weighted by atomic mass is 9.88. The van der Waals surface area contributed by atoms with Crippen LogP contribution in [0.15, 0.2) is 0 Å². The maximum atomic E-state index is 11.7. The van der Waals surface area contributed by atoms with Gasteiger partial charge in [0.15, 0.2) is 0 Å². The molecule has 1 rings (SSSR count). The predicted octanol–water partition coefficient (Wildman–Crippen LogP) is 1.67.